The summed E-state index contributed by atoms with van der Waals surface area (Å²) in [6, 6.07) is -3.54. The molecule has 4 fully saturated rings. The second-order valence-corrected chi connectivity index (χ2v) is 20.3. The Morgan fingerprint density at radius 1 is 0.941 bits per heavy atom. The van der Waals surface area contributed by atoms with Crippen LogP contribution >= 0.6 is 0 Å². The molecule has 3 saturated carbocycles. The van der Waals surface area contributed by atoms with E-state index in [1.54, 1.807) is 7.05 Å². The average molecular weight is 737 g/mol. The molecule has 51 heavy (non-hydrogen) atoms. The molecule has 13 nitrogen and oxygen atoms in total. The van der Waals surface area contributed by atoms with Gasteiger partial charge in [-0.1, -0.05) is 73.6 Å². The molecule has 1 aliphatic heterocycles. The Morgan fingerprint density at radius 3 is 2.08 bits per heavy atom. The van der Waals surface area contributed by atoms with Gasteiger partial charge in [0.25, 0.3) is 5.91 Å². The van der Waals surface area contributed by atoms with Crippen LogP contribution < -0.4 is 21.3 Å². The Morgan fingerprint density at radius 2 is 1.55 bits per heavy atom. The first kappa shape index (κ1) is 41.0. The molecule has 4 N–H and O–H groups in total. The molecular formula is C37H64N6O7S. The molecule has 0 aromatic heterocycles. The number of carbonyl (C=O) groups excluding carboxylic acids is 5. The monoisotopic (exact) mass is 736 g/mol. The fraction of sp³-hybridized carbons (Fsp3) is 0.865. The second-order valence-electron chi connectivity index (χ2n) is 18.3. The lowest BCUT2D eigenvalue weighted by molar-refractivity contribution is -0.145. The summed E-state index contributed by atoms with van der Waals surface area (Å²) in [5, 5.41) is 11.5. The lowest BCUT2D eigenvalue weighted by Crippen LogP contribution is -2.64. The van der Waals surface area contributed by atoms with Crippen LogP contribution in [0.5, 0.6) is 0 Å². The summed E-state index contributed by atoms with van der Waals surface area (Å²) >= 11 is 0. The summed E-state index contributed by atoms with van der Waals surface area (Å²) in [5.74, 6) is -2.59. The quantitative estimate of drug-likeness (QED) is 0.198. The summed E-state index contributed by atoms with van der Waals surface area (Å²) in [7, 11) is -2.19. The fourth-order valence-corrected chi connectivity index (χ4v) is 10.1. The van der Waals surface area contributed by atoms with Crippen molar-refractivity contribution in [3.8, 4) is 0 Å². The van der Waals surface area contributed by atoms with Crippen LogP contribution in [0.4, 0.5) is 4.79 Å². The van der Waals surface area contributed by atoms with Gasteiger partial charge >= 0.3 is 6.03 Å². The van der Waals surface area contributed by atoms with Crippen LogP contribution in [0.15, 0.2) is 0 Å². The maximum Gasteiger partial charge on any atom is 0.315 e. The normalized spacial score (nSPS) is 25.3. The molecular weight excluding hydrogens is 673 g/mol. The molecule has 0 aromatic carbocycles. The van der Waals surface area contributed by atoms with E-state index in [-0.39, 0.29) is 29.0 Å². The highest BCUT2D eigenvalue weighted by Crippen LogP contribution is 2.65. The number of ketones is 1. The number of sulfonamides is 1. The van der Waals surface area contributed by atoms with E-state index in [9.17, 15) is 32.4 Å². The van der Waals surface area contributed by atoms with Crippen LogP contribution in [0, 0.1) is 22.7 Å². The van der Waals surface area contributed by atoms with Gasteiger partial charge in [-0.2, -0.15) is 4.31 Å². The Labute approximate surface area is 305 Å². The zero-order valence-electron chi connectivity index (χ0n) is 32.6. The van der Waals surface area contributed by atoms with Crippen LogP contribution in [0.3, 0.4) is 0 Å². The molecule has 5 amide bonds. The standard InChI is InChI=1S/C37H64N6O7S/c1-11-12-16-25(28(44)31(46)38-23-17-18-23)39-30(45)27-26-24(36(26,8)9)21-43(27)32(47)29(34(2,3)4)40-33(48)41-37(19-14-13-15-20-37)22-51(49,50)42(10)35(5,6)7/h23-27,29H,11-22H2,1-10H3,(H,38,46)(H,39,45)(H2,40,41,48)/t24-,25-,26-,27-,29+/m0/s1. The van der Waals surface area contributed by atoms with Gasteiger partial charge in [-0.3, -0.25) is 19.2 Å². The summed E-state index contributed by atoms with van der Waals surface area (Å²) < 4.78 is 28.5. The van der Waals surface area contributed by atoms with Gasteiger partial charge in [0.2, 0.25) is 27.6 Å². The fourth-order valence-electron chi connectivity index (χ4n) is 8.01. The van der Waals surface area contributed by atoms with Crippen molar-refractivity contribution < 1.29 is 32.4 Å². The Balaban J connectivity index is 1.54. The van der Waals surface area contributed by atoms with Crippen LogP contribution in [-0.4, -0.2) is 102 Å². The minimum absolute atomic E-state index is 0.00111. The minimum Gasteiger partial charge on any atom is -0.347 e. The predicted molar refractivity (Wildman–Crippen MR) is 196 cm³/mol. The number of nitrogens with one attached hydrogen (secondary N) is 4. The molecule has 0 unspecified atom stereocenters. The van der Waals surface area contributed by atoms with E-state index in [0.29, 0.717) is 32.2 Å². The van der Waals surface area contributed by atoms with Crippen molar-refractivity contribution >= 4 is 39.6 Å². The number of carbonyl (C=O) groups is 5. The molecule has 3 aliphatic carbocycles. The van der Waals surface area contributed by atoms with Crippen LogP contribution in [0.2, 0.25) is 0 Å². The molecule has 1 saturated heterocycles. The summed E-state index contributed by atoms with van der Waals surface area (Å²) in [5.41, 5.74) is -2.61. The maximum absolute atomic E-state index is 14.5. The van der Waals surface area contributed by atoms with Crippen molar-refractivity contribution in [3.05, 3.63) is 0 Å². The van der Waals surface area contributed by atoms with Gasteiger partial charge in [0.15, 0.2) is 0 Å². The van der Waals surface area contributed by atoms with Gasteiger partial charge in [0, 0.05) is 25.2 Å². The average Bonchev–Trinajstić information content (AvgIpc) is 3.87. The summed E-state index contributed by atoms with van der Waals surface area (Å²) in [6.45, 7) is 17.4. The number of rotatable bonds is 14. The topological polar surface area (TPSA) is 174 Å². The number of piperidine rings is 1. The van der Waals surface area contributed by atoms with Gasteiger partial charge in [-0.25, -0.2) is 13.2 Å². The number of nitrogens with zero attached hydrogens (tertiary/aromatic N) is 2. The number of likely N-dealkylation sites (tertiary alicyclic amines) is 1. The van der Waals surface area contributed by atoms with Crippen LogP contribution in [-0.2, 0) is 29.2 Å². The number of hydrogen-bond donors (Lipinski definition) is 4. The van der Waals surface area contributed by atoms with E-state index in [1.807, 2.05) is 48.5 Å². The van der Waals surface area contributed by atoms with Gasteiger partial charge in [0.1, 0.15) is 12.1 Å². The van der Waals surface area contributed by atoms with Crippen LogP contribution in [0.1, 0.15) is 127 Å². The lowest BCUT2D eigenvalue weighted by atomic mass is 9.83. The largest absolute Gasteiger partial charge is 0.347 e. The van der Waals surface area contributed by atoms with Gasteiger partial charge in [0.05, 0.1) is 17.3 Å². The molecule has 0 aromatic rings. The van der Waals surface area contributed by atoms with Crippen molar-refractivity contribution in [2.75, 3.05) is 19.3 Å². The zero-order valence-corrected chi connectivity index (χ0v) is 33.4. The summed E-state index contributed by atoms with van der Waals surface area (Å²) in [4.78, 5) is 70.0. The summed E-state index contributed by atoms with van der Waals surface area (Å²) in [6.07, 6.45) is 6.85. The first-order valence-corrected chi connectivity index (χ1v) is 20.6. The second kappa shape index (κ2) is 14.9. The lowest BCUT2D eigenvalue weighted by Gasteiger charge is -2.42. The molecule has 1 heterocycles. The molecule has 14 heteroatoms. The highest BCUT2D eigenvalue weighted by molar-refractivity contribution is 7.89. The van der Waals surface area contributed by atoms with Crippen molar-refractivity contribution in [1.82, 2.24) is 30.5 Å². The number of amides is 5. The highest BCUT2D eigenvalue weighted by atomic mass is 32.2. The Kier molecular flexibility index (Phi) is 12.0. The maximum atomic E-state index is 14.5. The Hall–Kier alpha value is -2.74. The molecule has 0 radical (unpaired) electrons. The van der Waals surface area contributed by atoms with Crippen molar-refractivity contribution in [2.24, 2.45) is 22.7 Å². The van der Waals surface area contributed by atoms with Crippen molar-refractivity contribution in [1.29, 1.82) is 0 Å². The van der Waals surface area contributed by atoms with E-state index in [0.717, 1.165) is 38.5 Å². The predicted octanol–water partition coefficient (Wildman–Crippen LogP) is 3.47. The first-order chi connectivity index (χ1) is 23.4. The molecule has 5 atom stereocenters. The van der Waals surface area contributed by atoms with Crippen LogP contribution in [0.25, 0.3) is 0 Å². The third-order valence-corrected chi connectivity index (χ3v) is 14.1. The van der Waals surface area contributed by atoms with E-state index < -0.39 is 74.2 Å². The third-order valence-electron chi connectivity index (χ3n) is 11.8. The van der Waals surface area contributed by atoms with Crippen molar-refractivity contribution in [3.63, 3.8) is 0 Å². The van der Waals surface area contributed by atoms with Crippen molar-refractivity contribution in [2.45, 2.75) is 162 Å². The van der Waals surface area contributed by atoms with Gasteiger partial charge in [-0.15, -0.1) is 0 Å². The van der Waals surface area contributed by atoms with Gasteiger partial charge in [-0.05, 0) is 75.5 Å². The van der Waals surface area contributed by atoms with E-state index in [1.165, 1.54) is 9.21 Å². The molecule has 0 spiro atoms. The number of fused-ring (bicyclic) bond motifs is 1. The number of hydrogen-bond acceptors (Lipinski definition) is 7. The third kappa shape index (κ3) is 9.44. The van der Waals surface area contributed by atoms with E-state index in [4.69, 9.17) is 0 Å². The number of urea groups is 1. The highest BCUT2D eigenvalue weighted by Gasteiger charge is 2.70. The van der Waals surface area contributed by atoms with E-state index >= 15 is 0 Å². The smallest absolute Gasteiger partial charge is 0.315 e. The molecule has 0 bridgehead atoms. The molecule has 4 rings (SSSR count). The molecule has 290 valence electrons. The Bertz CT molecular complexity index is 1460. The SMILES string of the molecule is CCCC[C@H](NC(=O)[C@@H]1[C@@H]2[C@H](CN1C(=O)[C@@H](NC(=O)NC1(CS(=O)(=O)N(C)C(C)(C)C)CCCCC1)C(C)(C)C)C2(C)C)C(=O)C(=O)NC1CC1. The van der Waals surface area contributed by atoms with E-state index in [2.05, 4.69) is 35.1 Å². The van der Waals surface area contributed by atoms with Gasteiger partial charge < -0.3 is 26.2 Å². The number of unbranched alkanes of at least 4 members (excludes halogenated alkanes) is 1. The molecule has 4 aliphatic rings. The number of Topliss-reactive ketones (excluding diaryl/α,β-unsaturated/α-hetero) is 1. The first-order valence-electron chi connectivity index (χ1n) is 19.0. The zero-order chi connectivity index (χ0) is 38.3. The minimum atomic E-state index is -3.75.